The zero-order valence-corrected chi connectivity index (χ0v) is 19.7. The third kappa shape index (κ3) is 4.05. The minimum atomic E-state index is -0.378. The Morgan fingerprint density at radius 2 is 2.06 bits per heavy atom. The first-order chi connectivity index (χ1) is 16.0. The van der Waals surface area contributed by atoms with Crippen LogP contribution in [-0.4, -0.2) is 46.5 Å². The number of benzene rings is 1. The van der Waals surface area contributed by atoms with E-state index in [-0.39, 0.29) is 6.84 Å². The van der Waals surface area contributed by atoms with Crippen LogP contribution in [0.5, 0.6) is 0 Å². The highest BCUT2D eigenvalue weighted by Gasteiger charge is 2.54. The van der Waals surface area contributed by atoms with E-state index in [2.05, 4.69) is 70.7 Å². The second kappa shape index (κ2) is 8.69. The summed E-state index contributed by atoms with van der Waals surface area (Å²) in [5, 5.41) is 1.21. The lowest BCUT2D eigenvalue weighted by atomic mass is 9.74. The summed E-state index contributed by atoms with van der Waals surface area (Å²) in [7, 11) is 0. The lowest BCUT2D eigenvalue weighted by Gasteiger charge is -2.42. The number of aromatic nitrogens is 1. The minimum absolute atomic E-state index is 0. The normalized spacial score (nSPS) is 21.0. The van der Waals surface area contributed by atoms with E-state index >= 15 is 0 Å². The van der Waals surface area contributed by atoms with E-state index in [1.165, 1.54) is 28.0 Å². The minimum Gasteiger partial charge on any atom is -0.361 e. The van der Waals surface area contributed by atoms with Crippen molar-refractivity contribution in [1.29, 1.82) is 0 Å². The summed E-state index contributed by atoms with van der Waals surface area (Å²) in [4.78, 5) is 26.2. The van der Waals surface area contributed by atoms with Crippen LogP contribution in [0.3, 0.4) is 0 Å². The molecule has 2 aromatic rings. The molecule has 3 heterocycles. The first-order valence-electron chi connectivity index (χ1n) is 12.1. The van der Waals surface area contributed by atoms with Gasteiger partial charge < -0.3 is 14.8 Å². The van der Waals surface area contributed by atoms with Gasteiger partial charge in [0.1, 0.15) is 5.82 Å². The van der Waals surface area contributed by atoms with E-state index in [1.54, 1.807) is 0 Å². The highest BCUT2D eigenvalue weighted by molar-refractivity contribution is 5.91. The predicted molar refractivity (Wildman–Crippen MR) is 137 cm³/mol. The summed E-state index contributed by atoms with van der Waals surface area (Å²) in [6.07, 6.45) is 11.9. The SMILES string of the molecule is C=C(/N=C\C=C(/C)CC)N1CCC2(CC1)C(=O)N(Cc1c[nH]c3ccccc13)CC[C]1C=C12.[HH]. The van der Waals surface area contributed by atoms with Crippen LogP contribution in [0.4, 0.5) is 0 Å². The number of para-hydroxylation sites is 1. The Hall–Kier alpha value is -3.08. The zero-order chi connectivity index (χ0) is 23.0. The van der Waals surface area contributed by atoms with Crippen molar-refractivity contribution in [3.63, 3.8) is 0 Å². The Morgan fingerprint density at radius 1 is 1.27 bits per heavy atom. The maximum Gasteiger partial charge on any atom is 0.233 e. The van der Waals surface area contributed by atoms with Crippen molar-refractivity contribution < 1.29 is 6.22 Å². The van der Waals surface area contributed by atoms with Gasteiger partial charge in [0.25, 0.3) is 0 Å². The second-order valence-corrected chi connectivity index (χ2v) is 9.55. The molecule has 5 nitrogen and oxygen atoms in total. The van der Waals surface area contributed by atoms with Crippen molar-refractivity contribution >= 4 is 23.0 Å². The van der Waals surface area contributed by atoms with Crippen LogP contribution >= 0.6 is 0 Å². The molecule has 1 aliphatic carbocycles. The smallest absolute Gasteiger partial charge is 0.233 e. The van der Waals surface area contributed by atoms with Gasteiger partial charge in [0.2, 0.25) is 5.91 Å². The number of carbonyl (C=O) groups excluding carboxylic acids is 1. The Bertz CT molecular complexity index is 1170. The first-order valence-corrected chi connectivity index (χ1v) is 12.1. The fourth-order valence-corrected chi connectivity index (χ4v) is 5.26. The average Bonchev–Trinajstić information content (AvgIpc) is 3.54. The molecular weight excluding hydrogens is 408 g/mol. The van der Waals surface area contributed by atoms with Crippen molar-refractivity contribution in [3.8, 4) is 0 Å². The van der Waals surface area contributed by atoms with Crippen molar-refractivity contribution in [2.45, 2.75) is 46.1 Å². The van der Waals surface area contributed by atoms with Crippen LogP contribution in [0.15, 0.2) is 71.2 Å². The predicted octanol–water partition coefficient (Wildman–Crippen LogP) is 5.64. The van der Waals surface area contributed by atoms with Gasteiger partial charge >= 0.3 is 0 Å². The fraction of sp³-hybridized carbons (Fsp3) is 0.393. The highest BCUT2D eigenvalue weighted by atomic mass is 16.2. The lowest BCUT2D eigenvalue weighted by molar-refractivity contribution is -0.142. The maximum atomic E-state index is 14.0. The summed E-state index contributed by atoms with van der Waals surface area (Å²) < 4.78 is 0. The molecule has 0 atom stereocenters. The Balaban J connectivity index is 0.00000274. The molecule has 0 bridgehead atoms. The molecule has 173 valence electrons. The molecule has 2 saturated heterocycles. The van der Waals surface area contributed by atoms with Crippen LogP contribution in [0.2, 0.25) is 0 Å². The highest BCUT2D eigenvalue weighted by Crippen LogP contribution is 2.55. The number of hydrogen-bond acceptors (Lipinski definition) is 3. The molecular formula is C28H35N4O. The molecule has 1 aromatic carbocycles. The molecule has 0 unspecified atom stereocenters. The molecule has 1 amide bonds. The van der Waals surface area contributed by atoms with E-state index in [1.807, 2.05) is 18.4 Å². The van der Waals surface area contributed by atoms with Gasteiger partial charge in [-0.1, -0.05) is 43.4 Å². The van der Waals surface area contributed by atoms with Crippen molar-refractivity contribution in [3.05, 3.63) is 77.6 Å². The van der Waals surface area contributed by atoms with Gasteiger partial charge in [0.15, 0.2) is 0 Å². The fourth-order valence-electron chi connectivity index (χ4n) is 5.26. The molecule has 5 rings (SSSR count). The number of rotatable bonds is 6. The second-order valence-electron chi connectivity index (χ2n) is 9.55. The average molecular weight is 444 g/mol. The number of amides is 1. The largest absolute Gasteiger partial charge is 0.361 e. The third-order valence-corrected chi connectivity index (χ3v) is 7.60. The van der Waals surface area contributed by atoms with Crippen LogP contribution in [0.25, 0.3) is 10.9 Å². The van der Waals surface area contributed by atoms with Gasteiger partial charge in [-0.25, -0.2) is 4.99 Å². The number of fused-ring (bicyclic) bond motifs is 3. The Labute approximate surface area is 198 Å². The van der Waals surface area contributed by atoms with E-state index in [0.717, 1.165) is 56.7 Å². The van der Waals surface area contributed by atoms with Gasteiger partial charge in [-0.2, -0.15) is 0 Å². The first kappa shape index (κ1) is 21.7. The van der Waals surface area contributed by atoms with Crippen LogP contribution in [-0.2, 0) is 11.3 Å². The van der Waals surface area contributed by atoms with Crippen LogP contribution < -0.4 is 0 Å². The molecule has 2 fully saturated rings. The Kier molecular flexibility index (Phi) is 5.73. The summed E-state index contributed by atoms with van der Waals surface area (Å²) in [6, 6.07) is 8.32. The summed E-state index contributed by atoms with van der Waals surface area (Å²) in [5.74, 6) is 2.48. The van der Waals surface area contributed by atoms with Gasteiger partial charge in [0, 0.05) is 56.8 Å². The number of aliphatic imine (C=N–C) groups is 1. The van der Waals surface area contributed by atoms with E-state index < -0.39 is 0 Å². The molecule has 5 heteroatoms. The quantitative estimate of drug-likeness (QED) is 0.587. The molecule has 2 aliphatic heterocycles. The molecule has 1 spiro atoms. The molecule has 0 saturated carbocycles. The van der Waals surface area contributed by atoms with Crippen molar-refractivity contribution in [2.75, 3.05) is 19.6 Å². The van der Waals surface area contributed by atoms with Gasteiger partial charge in [-0.05, 0) is 55.9 Å². The number of allylic oxidation sites excluding steroid dienone is 3. The summed E-state index contributed by atoms with van der Waals surface area (Å²) >= 11 is 0. The van der Waals surface area contributed by atoms with Gasteiger partial charge in [-0.3, -0.25) is 4.79 Å². The number of aromatic amines is 1. The molecule has 1 radical (unpaired) electrons. The molecule has 33 heavy (non-hydrogen) atoms. The van der Waals surface area contributed by atoms with Crippen LogP contribution in [0.1, 0.15) is 46.5 Å². The summed E-state index contributed by atoms with van der Waals surface area (Å²) in [6.45, 7) is 11.5. The third-order valence-electron chi connectivity index (χ3n) is 7.60. The number of nitrogens with zero attached hydrogens (tertiary/aromatic N) is 3. The van der Waals surface area contributed by atoms with E-state index in [4.69, 9.17) is 0 Å². The topological polar surface area (TPSA) is 51.7 Å². The zero-order valence-electron chi connectivity index (χ0n) is 19.7. The molecule has 3 aliphatic rings. The standard InChI is InChI=1S/C28H33N4O.H2/c1-4-20(2)9-13-29-21(3)31-15-11-28(12-16-31)25-17-22(25)10-14-32(27(28)33)19-23-18-30-26-8-6-5-7-24(23)26;/h5-9,13,17-18,30H,3-4,10-12,14-16,19H2,1-2H3;1H/b20-9+,29-13-;. The Morgan fingerprint density at radius 3 is 2.85 bits per heavy atom. The van der Waals surface area contributed by atoms with Gasteiger partial charge in [-0.15, -0.1) is 0 Å². The van der Waals surface area contributed by atoms with Crippen molar-refractivity contribution in [2.24, 2.45) is 10.4 Å². The monoisotopic (exact) mass is 443 g/mol. The van der Waals surface area contributed by atoms with E-state index in [9.17, 15) is 4.79 Å². The number of likely N-dealkylation sites (tertiary alicyclic amines) is 2. The van der Waals surface area contributed by atoms with E-state index in [0.29, 0.717) is 12.5 Å². The number of piperidine rings is 1. The van der Waals surface area contributed by atoms with Crippen LogP contribution in [0, 0.1) is 11.3 Å². The maximum absolute atomic E-state index is 14.0. The lowest BCUT2D eigenvalue weighted by Crippen LogP contribution is -2.49. The van der Waals surface area contributed by atoms with Gasteiger partial charge in [0.05, 0.1) is 5.41 Å². The number of H-pyrrole nitrogens is 1. The molecule has 1 aromatic heterocycles. The number of nitrogens with one attached hydrogen (secondary N) is 1. The summed E-state index contributed by atoms with van der Waals surface area (Å²) in [5.41, 5.74) is 4.55. The molecule has 1 N–H and O–H groups in total. The van der Waals surface area contributed by atoms with Crippen molar-refractivity contribution in [1.82, 2.24) is 14.8 Å². The number of carbonyl (C=O) groups is 1. The number of hydrogen-bond donors (Lipinski definition) is 1.